The highest BCUT2D eigenvalue weighted by Gasteiger charge is 2.04. The number of furan rings is 1. The molecule has 0 fully saturated rings. The number of hydrogen-bond acceptors (Lipinski definition) is 2. The van der Waals surface area contributed by atoms with E-state index in [1.165, 1.54) is 11.1 Å². The maximum atomic E-state index is 5.34. The summed E-state index contributed by atoms with van der Waals surface area (Å²) >= 11 is 0. The molecular weight excluding hydrogens is 234 g/mol. The van der Waals surface area contributed by atoms with Gasteiger partial charge in [0.15, 0.2) is 0 Å². The van der Waals surface area contributed by atoms with Crippen LogP contribution >= 0.6 is 0 Å². The molecule has 0 aliphatic rings. The van der Waals surface area contributed by atoms with Crippen molar-refractivity contribution in [2.75, 3.05) is 5.32 Å². The summed E-state index contributed by atoms with van der Waals surface area (Å²) in [5.41, 5.74) is 3.53. The van der Waals surface area contributed by atoms with Gasteiger partial charge in [0.25, 0.3) is 0 Å². The summed E-state index contributed by atoms with van der Waals surface area (Å²) < 4.78 is 5.34. The molecule has 0 radical (unpaired) electrons. The summed E-state index contributed by atoms with van der Waals surface area (Å²) in [5.74, 6) is 0.933. The van der Waals surface area contributed by atoms with Gasteiger partial charge in [0.05, 0.1) is 12.8 Å². The largest absolute Gasteiger partial charge is 0.467 e. The van der Waals surface area contributed by atoms with Crippen LogP contribution in [-0.2, 0) is 6.54 Å². The predicted octanol–water partition coefficient (Wildman–Crippen LogP) is 4.56. The van der Waals surface area contributed by atoms with Gasteiger partial charge in [0, 0.05) is 11.3 Å². The number of para-hydroxylation sites is 1. The summed E-state index contributed by atoms with van der Waals surface area (Å²) in [6.07, 6.45) is 1.69. The topological polar surface area (TPSA) is 25.2 Å². The van der Waals surface area contributed by atoms with Gasteiger partial charge in [-0.15, -0.1) is 0 Å². The van der Waals surface area contributed by atoms with Crippen molar-refractivity contribution in [1.82, 2.24) is 0 Å². The molecule has 0 saturated carbocycles. The molecule has 0 aliphatic heterocycles. The van der Waals surface area contributed by atoms with E-state index in [4.69, 9.17) is 4.42 Å². The first-order valence-corrected chi connectivity index (χ1v) is 6.34. The standard InChI is InChI=1S/C17H15NO/c1-2-7-14(8-3-1)16-10-4-5-11-17(16)18-13-15-9-6-12-19-15/h1-12,18H,13H2. The molecule has 1 aromatic heterocycles. The van der Waals surface area contributed by atoms with Crippen molar-refractivity contribution >= 4 is 5.69 Å². The maximum absolute atomic E-state index is 5.34. The molecule has 94 valence electrons. The molecule has 0 saturated heterocycles. The van der Waals surface area contributed by atoms with Crippen LogP contribution in [-0.4, -0.2) is 0 Å². The van der Waals surface area contributed by atoms with Gasteiger partial charge in [-0.3, -0.25) is 0 Å². The van der Waals surface area contributed by atoms with E-state index < -0.39 is 0 Å². The molecule has 0 spiro atoms. The minimum Gasteiger partial charge on any atom is -0.467 e. The van der Waals surface area contributed by atoms with Gasteiger partial charge in [-0.25, -0.2) is 0 Å². The van der Waals surface area contributed by atoms with Gasteiger partial charge in [-0.1, -0.05) is 48.5 Å². The van der Waals surface area contributed by atoms with Crippen LogP contribution in [0.15, 0.2) is 77.4 Å². The van der Waals surface area contributed by atoms with Crippen LogP contribution in [0.4, 0.5) is 5.69 Å². The normalized spacial score (nSPS) is 10.3. The first-order valence-electron chi connectivity index (χ1n) is 6.34. The van der Waals surface area contributed by atoms with Crippen molar-refractivity contribution in [2.45, 2.75) is 6.54 Å². The monoisotopic (exact) mass is 249 g/mol. The predicted molar refractivity (Wildman–Crippen MR) is 77.9 cm³/mol. The van der Waals surface area contributed by atoms with Gasteiger partial charge < -0.3 is 9.73 Å². The summed E-state index contributed by atoms with van der Waals surface area (Å²) in [7, 11) is 0. The molecule has 1 N–H and O–H groups in total. The number of anilines is 1. The van der Waals surface area contributed by atoms with E-state index in [2.05, 4.69) is 47.8 Å². The molecule has 19 heavy (non-hydrogen) atoms. The fourth-order valence-corrected chi connectivity index (χ4v) is 2.10. The summed E-state index contributed by atoms with van der Waals surface area (Å²) in [5, 5.41) is 3.42. The summed E-state index contributed by atoms with van der Waals surface area (Å²) in [6, 6.07) is 22.6. The van der Waals surface area contributed by atoms with Crippen molar-refractivity contribution in [2.24, 2.45) is 0 Å². The Labute approximate surface area is 112 Å². The molecule has 2 nitrogen and oxygen atoms in total. The fraction of sp³-hybridized carbons (Fsp3) is 0.0588. The van der Waals surface area contributed by atoms with Gasteiger partial charge in [-0.2, -0.15) is 0 Å². The van der Waals surface area contributed by atoms with Crippen molar-refractivity contribution in [3.8, 4) is 11.1 Å². The Balaban J connectivity index is 1.85. The van der Waals surface area contributed by atoms with Crippen molar-refractivity contribution in [3.05, 3.63) is 78.8 Å². The minimum absolute atomic E-state index is 0.691. The van der Waals surface area contributed by atoms with E-state index in [9.17, 15) is 0 Å². The van der Waals surface area contributed by atoms with Gasteiger partial charge in [-0.05, 0) is 23.8 Å². The molecule has 0 amide bonds. The van der Waals surface area contributed by atoms with E-state index >= 15 is 0 Å². The Hall–Kier alpha value is -2.48. The second-order valence-electron chi connectivity index (χ2n) is 4.34. The Morgan fingerprint density at radius 2 is 1.58 bits per heavy atom. The maximum Gasteiger partial charge on any atom is 0.122 e. The zero-order valence-corrected chi connectivity index (χ0v) is 10.5. The fourth-order valence-electron chi connectivity index (χ4n) is 2.10. The summed E-state index contributed by atoms with van der Waals surface area (Å²) in [6.45, 7) is 0.691. The van der Waals surface area contributed by atoms with E-state index in [1.54, 1.807) is 6.26 Å². The van der Waals surface area contributed by atoms with E-state index in [0.717, 1.165) is 11.4 Å². The quantitative estimate of drug-likeness (QED) is 0.733. The molecule has 2 aromatic carbocycles. The number of benzene rings is 2. The van der Waals surface area contributed by atoms with Crippen molar-refractivity contribution in [3.63, 3.8) is 0 Å². The molecule has 3 aromatic rings. The Morgan fingerprint density at radius 3 is 2.37 bits per heavy atom. The first kappa shape index (κ1) is 11.6. The lowest BCUT2D eigenvalue weighted by atomic mass is 10.0. The third-order valence-corrected chi connectivity index (χ3v) is 3.05. The van der Waals surface area contributed by atoms with Crippen LogP contribution < -0.4 is 5.32 Å². The highest BCUT2D eigenvalue weighted by atomic mass is 16.3. The van der Waals surface area contributed by atoms with Crippen LogP contribution in [0.2, 0.25) is 0 Å². The zero-order valence-electron chi connectivity index (χ0n) is 10.5. The van der Waals surface area contributed by atoms with E-state index in [-0.39, 0.29) is 0 Å². The number of nitrogens with one attached hydrogen (secondary N) is 1. The average molecular weight is 249 g/mol. The lowest BCUT2D eigenvalue weighted by Crippen LogP contribution is -1.99. The zero-order chi connectivity index (χ0) is 12.9. The first-order chi connectivity index (χ1) is 9.43. The molecule has 0 bridgehead atoms. The lowest BCUT2D eigenvalue weighted by Gasteiger charge is -2.11. The lowest BCUT2D eigenvalue weighted by molar-refractivity contribution is 0.518. The molecular formula is C17H15NO. The average Bonchev–Trinajstić information content (AvgIpc) is 3.00. The van der Waals surface area contributed by atoms with Gasteiger partial charge in [0.2, 0.25) is 0 Å². The summed E-state index contributed by atoms with van der Waals surface area (Å²) in [4.78, 5) is 0. The minimum atomic E-state index is 0.691. The third-order valence-electron chi connectivity index (χ3n) is 3.05. The molecule has 0 aliphatic carbocycles. The Morgan fingerprint density at radius 1 is 0.789 bits per heavy atom. The molecule has 3 rings (SSSR count). The van der Waals surface area contributed by atoms with Gasteiger partial charge in [0.1, 0.15) is 5.76 Å². The highest BCUT2D eigenvalue weighted by Crippen LogP contribution is 2.27. The second kappa shape index (κ2) is 5.44. The van der Waals surface area contributed by atoms with Crippen LogP contribution in [0.1, 0.15) is 5.76 Å². The van der Waals surface area contributed by atoms with Crippen LogP contribution in [0.25, 0.3) is 11.1 Å². The van der Waals surface area contributed by atoms with Crippen LogP contribution in [0.3, 0.4) is 0 Å². The molecule has 1 heterocycles. The van der Waals surface area contributed by atoms with Crippen LogP contribution in [0, 0.1) is 0 Å². The van der Waals surface area contributed by atoms with Crippen molar-refractivity contribution < 1.29 is 4.42 Å². The Kier molecular flexibility index (Phi) is 3.32. The second-order valence-corrected chi connectivity index (χ2v) is 4.34. The number of rotatable bonds is 4. The SMILES string of the molecule is c1ccc(-c2ccccc2NCc2ccco2)cc1. The van der Waals surface area contributed by atoms with Crippen LogP contribution in [0.5, 0.6) is 0 Å². The molecule has 0 unspecified atom stereocenters. The van der Waals surface area contributed by atoms with Crippen molar-refractivity contribution in [1.29, 1.82) is 0 Å². The molecule has 0 atom stereocenters. The Bertz CT molecular complexity index is 629. The molecule has 2 heteroatoms. The third kappa shape index (κ3) is 2.68. The number of hydrogen-bond donors (Lipinski definition) is 1. The van der Waals surface area contributed by atoms with E-state index in [1.807, 2.05) is 24.3 Å². The highest BCUT2D eigenvalue weighted by molar-refractivity contribution is 5.77. The van der Waals surface area contributed by atoms with Gasteiger partial charge >= 0.3 is 0 Å². The van der Waals surface area contributed by atoms with E-state index in [0.29, 0.717) is 6.54 Å². The smallest absolute Gasteiger partial charge is 0.122 e.